The second kappa shape index (κ2) is 7.35. The van der Waals surface area contributed by atoms with E-state index in [2.05, 4.69) is 0 Å². The third-order valence-corrected chi connectivity index (χ3v) is 9.02. The normalized spacial score (nSPS) is 20.6. The van der Waals surface area contributed by atoms with Crippen LogP contribution in [0.2, 0.25) is 0 Å². The Balaban J connectivity index is 1.70. The van der Waals surface area contributed by atoms with Crippen LogP contribution in [0.25, 0.3) is 0 Å². The summed E-state index contributed by atoms with van der Waals surface area (Å²) in [6.07, 6.45) is 0.391. The van der Waals surface area contributed by atoms with Crippen LogP contribution in [0.3, 0.4) is 0 Å². The summed E-state index contributed by atoms with van der Waals surface area (Å²) >= 11 is 0. The smallest absolute Gasteiger partial charge is 0.264 e. The van der Waals surface area contributed by atoms with Crippen LogP contribution in [0.15, 0.2) is 52.3 Å². The highest BCUT2D eigenvalue weighted by Crippen LogP contribution is 2.38. The van der Waals surface area contributed by atoms with Crippen LogP contribution in [0.5, 0.6) is 0 Å². The number of fused-ring (bicyclic) bond motifs is 1. The van der Waals surface area contributed by atoms with Crippen molar-refractivity contribution in [1.29, 1.82) is 0 Å². The van der Waals surface area contributed by atoms with Gasteiger partial charge in [0.05, 0.1) is 28.7 Å². The van der Waals surface area contributed by atoms with E-state index in [1.54, 1.807) is 13.0 Å². The molecule has 29 heavy (non-hydrogen) atoms. The van der Waals surface area contributed by atoms with Crippen LogP contribution in [0, 0.1) is 5.82 Å². The number of rotatable bonds is 4. The Morgan fingerprint density at radius 1 is 0.931 bits per heavy atom. The van der Waals surface area contributed by atoms with Crippen molar-refractivity contribution in [2.24, 2.45) is 0 Å². The highest BCUT2D eigenvalue weighted by atomic mass is 32.2. The largest absolute Gasteiger partial charge is 0.379 e. The number of benzene rings is 2. The molecule has 1 saturated heterocycles. The van der Waals surface area contributed by atoms with E-state index in [0.717, 1.165) is 12.1 Å². The molecule has 0 unspecified atom stereocenters. The van der Waals surface area contributed by atoms with E-state index in [1.165, 1.54) is 32.9 Å². The fourth-order valence-electron chi connectivity index (χ4n) is 3.76. The van der Waals surface area contributed by atoms with Gasteiger partial charge < -0.3 is 4.74 Å². The fraction of sp³-hybridized carbons (Fsp3) is 0.368. The number of halogens is 1. The van der Waals surface area contributed by atoms with Crippen LogP contribution in [0.4, 0.5) is 10.1 Å². The van der Waals surface area contributed by atoms with E-state index >= 15 is 0 Å². The number of sulfonamides is 2. The molecule has 0 aromatic heterocycles. The minimum atomic E-state index is -3.90. The highest BCUT2D eigenvalue weighted by molar-refractivity contribution is 7.93. The van der Waals surface area contributed by atoms with Gasteiger partial charge in [0, 0.05) is 19.1 Å². The van der Waals surface area contributed by atoms with E-state index in [4.69, 9.17) is 4.74 Å². The Morgan fingerprint density at radius 3 is 2.21 bits per heavy atom. The van der Waals surface area contributed by atoms with E-state index in [0.29, 0.717) is 44.0 Å². The zero-order valence-corrected chi connectivity index (χ0v) is 17.4. The number of morpholine rings is 1. The molecule has 0 bridgehead atoms. The van der Waals surface area contributed by atoms with Crippen LogP contribution >= 0.6 is 0 Å². The average Bonchev–Trinajstić information content (AvgIpc) is 3.04. The summed E-state index contributed by atoms with van der Waals surface area (Å²) in [4.78, 5) is 0.134. The van der Waals surface area contributed by atoms with Crippen molar-refractivity contribution < 1.29 is 26.0 Å². The molecule has 156 valence electrons. The van der Waals surface area contributed by atoms with Gasteiger partial charge in [-0.05, 0) is 61.4 Å². The van der Waals surface area contributed by atoms with Crippen molar-refractivity contribution in [3.63, 3.8) is 0 Å². The lowest BCUT2D eigenvalue weighted by Crippen LogP contribution is -2.40. The number of ether oxygens (including phenoxy) is 1. The second-order valence-electron chi connectivity index (χ2n) is 7.11. The average molecular weight is 441 g/mol. The summed E-state index contributed by atoms with van der Waals surface area (Å²) in [6, 6.07) is 8.80. The van der Waals surface area contributed by atoms with Gasteiger partial charge in [0.25, 0.3) is 10.0 Å². The van der Waals surface area contributed by atoms with Gasteiger partial charge >= 0.3 is 0 Å². The van der Waals surface area contributed by atoms with Gasteiger partial charge in [0.15, 0.2) is 0 Å². The summed E-state index contributed by atoms with van der Waals surface area (Å²) in [7, 11) is -7.56. The monoisotopic (exact) mass is 440 g/mol. The molecule has 2 aromatic carbocycles. The molecule has 7 nitrogen and oxygen atoms in total. The minimum absolute atomic E-state index is 0.0105. The van der Waals surface area contributed by atoms with Crippen LogP contribution < -0.4 is 4.31 Å². The Morgan fingerprint density at radius 2 is 1.55 bits per heavy atom. The topological polar surface area (TPSA) is 84.0 Å². The zero-order valence-electron chi connectivity index (χ0n) is 15.8. The summed E-state index contributed by atoms with van der Waals surface area (Å²) in [5.41, 5.74) is 1.10. The molecular formula is C19H21FN2O5S2. The van der Waals surface area contributed by atoms with Gasteiger partial charge in [-0.3, -0.25) is 4.31 Å². The molecule has 4 rings (SSSR count). The third kappa shape index (κ3) is 3.54. The molecule has 2 aliphatic heterocycles. The van der Waals surface area contributed by atoms with E-state index in [9.17, 15) is 21.2 Å². The van der Waals surface area contributed by atoms with Gasteiger partial charge in [0.2, 0.25) is 10.0 Å². The maximum atomic E-state index is 13.2. The molecule has 0 spiro atoms. The van der Waals surface area contributed by atoms with E-state index in [1.807, 2.05) is 0 Å². The molecule has 0 amide bonds. The summed E-state index contributed by atoms with van der Waals surface area (Å²) in [5, 5.41) is 0. The second-order valence-corrected chi connectivity index (χ2v) is 10.9. The fourth-order valence-corrected chi connectivity index (χ4v) is 6.91. The first-order valence-electron chi connectivity index (χ1n) is 9.22. The SMILES string of the molecule is C[C@H]1Cc2cc(S(=O)(=O)N3CCOCC3)ccc2N1S(=O)(=O)c1ccc(F)cc1. The van der Waals surface area contributed by atoms with Crippen molar-refractivity contribution in [2.45, 2.75) is 29.2 Å². The molecular weight excluding hydrogens is 419 g/mol. The molecule has 2 aliphatic rings. The Labute approximate surface area is 169 Å². The molecule has 2 heterocycles. The number of hydrogen-bond acceptors (Lipinski definition) is 5. The lowest BCUT2D eigenvalue weighted by molar-refractivity contribution is 0.0730. The maximum Gasteiger partial charge on any atom is 0.264 e. The molecule has 0 aliphatic carbocycles. The summed E-state index contributed by atoms with van der Waals surface area (Å²) < 4.78 is 73.1. The lowest BCUT2D eigenvalue weighted by Gasteiger charge is -2.26. The van der Waals surface area contributed by atoms with Crippen molar-refractivity contribution in [3.05, 3.63) is 53.8 Å². The quantitative estimate of drug-likeness (QED) is 0.726. The Bertz CT molecular complexity index is 1130. The Kier molecular flexibility index (Phi) is 5.14. The van der Waals surface area contributed by atoms with Gasteiger partial charge in [-0.1, -0.05) is 0 Å². The van der Waals surface area contributed by atoms with Gasteiger partial charge in [-0.2, -0.15) is 4.31 Å². The van der Waals surface area contributed by atoms with Crippen LogP contribution in [-0.2, 0) is 31.2 Å². The molecule has 10 heteroatoms. The molecule has 0 radical (unpaired) electrons. The first kappa shape index (κ1) is 20.3. The maximum absolute atomic E-state index is 13.2. The first-order chi connectivity index (χ1) is 13.7. The van der Waals surface area contributed by atoms with E-state index < -0.39 is 25.9 Å². The molecule has 0 N–H and O–H groups in total. The number of hydrogen-bond donors (Lipinski definition) is 0. The summed E-state index contributed by atoms with van der Waals surface area (Å²) in [5.74, 6) is -0.517. The molecule has 1 atom stereocenters. The molecule has 0 saturated carbocycles. The molecule has 2 aromatic rings. The predicted octanol–water partition coefficient (Wildman–Crippen LogP) is 1.99. The van der Waals surface area contributed by atoms with E-state index in [-0.39, 0.29) is 15.8 Å². The highest BCUT2D eigenvalue weighted by Gasteiger charge is 2.37. The minimum Gasteiger partial charge on any atom is -0.379 e. The van der Waals surface area contributed by atoms with Crippen molar-refractivity contribution in [2.75, 3.05) is 30.6 Å². The predicted molar refractivity (Wildman–Crippen MR) is 105 cm³/mol. The third-order valence-electron chi connectivity index (χ3n) is 5.18. The van der Waals surface area contributed by atoms with Crippen LogP contribution in [0.1, 0.15) is 12.5 Å². The lowest BCUT2D eigenvalue weighted by atomic mass is 10.1. The Hall–Kier alpha value is -2.01. The van der Waals surface area contributed by atoms with Crippen LogP contribution in [-0.4, -0.2) is 53.5 Å². The number of nitrogens with zero attached hydrogens (tertiary/aromatic N) is 2. The summed E-state index contributed by atoms with van der Waals surface area (Å²) in [6.45, 7) is 3.05. The van der Waals surface area contributed by atoms with Crippen molar-refractivity contribution >= 4 is 25.7 Å². The van der Waals surface area contributed by atoms with Gasteiger partial charge in [-0.25, -0.2) is 21.2 Å². The zero-order chi connectivity index (χ0) is 20.8. The van der Waals surface area contributed by atoms with Crippen molar-refractivity contribution in [3.8, 4) is 0 Å². The first-order valence-corrected chi connectivity index (χ1v) is 12.1. The van der Waals surface area contributed by atoms with Gasteiger partial charge in [-0.15, -0.1) is 0 Å². The molecule has 1 fully saturated rings. The standard InChI is InChI=1S/C19H21FN2O5S2/c1-14-12-15-13-18(28(23,24)21-8-10-27-11-9-21)6-7-19(15)22(14)29(25,26)17-4-2-16(20)3-5-17/h2-7,13-14H,8-12H2,1H3/t14-/m0/s1. The number of anilines is 1. The van der Waals surface area contributed by atoms with Crippen molar-refractivity contribution in [1.82, 2.24) is 4.31 Å². The van der Waals surface area contributed by atoms with Gasteiger partial charge in [0.1, 0.15) is 5.82 Å².